The second-order valence-corrected chi connectivity index (χ2v) is 4.05. The monoisotopic (exact) mass is 228 g/mol. The Balaban J connectivity index is 1.95. The van der Waals surface area contributed by atoms with Crippen molar-refractivity contribution in [3.8, 4) is 0 Å². The maximum absolute atomic E-state index is 12.2. The fraction of sp³-hybridized carbons (Fsp3) is 0.250. The molecule has 86 valence electrons. The summed E-state index contributed by atoms with van der Waals surface area (Å²) >= 11 is 0. The van der Waals surface area contributed by atoms with E-state index in [1.165, 1.54) is 16.6 Å². The molecule has 1 aliphatic rings. The highest BCUT2D eigenvalue weighted by Gasteiger charge is 2.26. The Labute approximate surface area is 98.7 Å². The third-order valence-corrected chi connectivity index (χ3v) is 2.95. The summed E-state index contributed by atoms with van der Waals surface area (Å²) in [5.74, 6) is -0.0805. The van der Waals surface area contributed by atoms with Crippen LogP contribution in [-0.4, -0.2) is 27.4 Å². The number of hydrogen-bond donors (Lipinski definition) is 0. The molecular weight excluding hydrogens is 216 g/mol. The Hall–Kier alpha value is -2.17. The summed E-state index contributed by atoms with van der Waals surface area (Å²) in [7, 11) is 1.70. The summed E-state index contributed by atoms with van der Waals surface area (Å²) in [6, 6.07) is 7.96. The van der Waals surface area contributed by atoms with Gasteiger partial charge in [-0.15, -0.1) is 5.10 Å². The van der Waals surface area contributed by atoms with Gasteiger partial charge in [0.2, 0.25) is 0 Å². The van der Waals surface area contributed by atoms with Gasteiger partial charge in [-0.25, -0.2) is 0 Å². The largest absolute Gasteiger partial charge is 0.306 e. The van der Waals surface area contributed by atoms with Crippen LogP contribution in [0.5, 0.6) is 0 Å². The molecule has 1 aromatic carbocycles. The van der Waals surface area contributed by atoms with Crippen LogP contribution in [0.2, 0.25) is 0 Å². The molecular formula is C12H12N4O. The summed E-state index contributed by atoms with van der Waals surface area (Å²) < 4.78 is 0. The van der Waals surface area contributed by atoms with E-state index in [1.807, 2.05) is 18.2 Å². The van der Waals surface area contributed by atoms with E-state index in [2.05, 4.69) is 16.3 Å². The second kappa shape index (κ2) is 3.69. The van der Waals surface area contributed by atoms with Crippen LogP contribution in [-0.2, 0) is 13.5 Å². The van der Waals surface area contributed by atoms with Gasteiger partial charge >= 0.3 is 0 Å². The SMILES string of the molecule is Cn1ncc(C(=O)N2CCc3ccccc32)n1. The first-order chi connectivity index (χ1) is 8.25. The van der Waals surface area contributed by atoms with E-state index in [-0.39, 0.29) is 5.91 Å². The summed E-state index contributed by atoms with van der Waals surface area (Å²) in [5.41, 5.74) is 2.59. The van der Waals surface area contributed by atoms with Gasteiger partial charge in [0, 0.05) is 19.3 Å². The van der Waals surface area contributed by atoms with Crippen molar-refractivity contribution in [2.75, 3.05) is 11.4 Å². The summed E-state index contributed by atoms with van der Waals surface area (Å²) in [5, 5.41) is 7.97. The zero-order valence-corrected chi connectivity index (χ0v) is 9.50. The van der Waals surface area contributed by atoms with E-state index in [1.54, 1.807) is 11.9 Å². The number of nitrogens with zero attached hydrogens (tertiary/aromatic N) is 4. The van der Waals surface area contributed by atoms with Gasteiger partial charge in [-0.1, -0.05) is 18.2 Å². The van der Waals surface area contributed by atoms with Crippen molar-refractivity contribution in [1.29, 1.82) is 0 Å². The fourth-order valence-electron chi connectivity index (χ4n) is 2.13. The van der Waals surface area contributed by atoms with Crippen LogP contribution in [0.3, 0.4) is 0 Å². The molecule has 0 aliphatic carbocycles. The molecule has 17 heavy (non-hydrogen) atoms. The minimum Gasteiger partial charge on any atom is -0.306 e. The van der Waals surface area contributed by atoms with Crippen molar-refractivity contribution in [1.82, 2.24) is 15.0 Å². The van der Waals surface area contributed by atoms with Gasteiger partial charge in [-0.2, -0.15) is 9.90 Å². The number of rotatable bonds is 1. The van der Waals surface area contributed by atoms with Crippen LogP contribution >= 0.6 is 0 Å². The lowest BCUT2D eigenvalue weighted by atomic mass is 10.2. The Morgan fingerprint density at radius 3 is 2.94 bits per heavy atom. The number of anilines is 1. The highest BCUT2D eigenvalue weighted by molar-refractivity contribution is 6.05. The van der Waals surface area contributed by atoms with E-state index in [4.69, 9.17) is 0 Å². The zero-order valence-electron chi connectivity index (χ0n) is 9.50. The van der Waals surface area contributed by atoms with Crippen molar-refractivity contribution in [3.05, 3.63) is 41.7 Å². The highest BCUT2D eigenvalue weighted by atomic mass is 16.2. The molecule has 1 aromatic heterocycles. The molecule has 0 fully saturated rings. The number of hydrogen-bond acceptors (Lipinski definition) is 3. The van der Waals surface area contributed by atoms with Gasteiger partial charge in [-0.3, -0.25) is 4.79 Å². The van der Waals surface area contributed by atoms with Gasteiger partial charge in [0.15, 0.2) is 5.69 Å². The maximum atomic E-state index is 12.2. The molecule has 5 heteroatoms. The number of carbonyl (C=O) groups is 1. The predicted molar refractivity (Wildman–Crippen MR) is 62.8 cm³/mol. The normalized spacial score (nSPS) is 13.8. The smallest absolute Gasteiger partial charge is 0.280 e. The minimum absolute atomic E-state index is 0.0805. The number of aromatic nitrogens is 3. The molecule has 5 nitrogen and oxygen atoms in total. The lowest BCUT2D eigenvalue weighted by Crippen LogP contribution is -2.29. The molecule has 0 atom stereocenters. The van der Waals surface area contributed by atoms with Crippen LogP contribution in [0.4, 0.5) is 5.69 Å². The first kappa shape index (κ1) is 10.0. The molecule has 2 aromatic rings. The number of benzene rings is 1. The number of aryl methyl sites for hydroxylation is 1. The molecule has 0 saturated heterocycles. The van der Waals surface area contributed by atoms with Crippen LogP contribution in [0.25, 0.3) is 0 Å². The standard InChI is InChI=1S/C12H12N4O/c1-15-13-8-10(14-15)12(17)16-7-6-9-4-2-3-5-11(9)16/h2-5,8H,6-7H2,1H3. The predicted octanol–water partition coefficient (Wildman–Crippen LogP) is 1.02. The van der Waals surface area contributed by atoms with Crippen LogP contribution in [0.15, 0.2) is 30.5 Å². The quantitative estimate of drug-likeness (QED) is 0.732. The van der Waals surface area contributed by atoms with Crippen molar-refractivity contribution in [2.45, 2.75) is 6.42 Å². The Morgan fingerprint density at radius 1 is 1.35 bits per heavy atom. The average Bonchev–Trinajstić information content (AvgIpc) is 2.94. The average molecular weight is 228 g/mol. The summed E-state index contributed by atoms with van der Waals surface area (Å²) in [6.07, 6.45) is 2.41. The number of para-hydroxylation sites is 1. The topological polar surface area (TPSA) is 51.0 Å². The number of fused-ring (bicyclic) bond motifs is 1. The Bertz CT molecular complexity index is 575. The number of amides is 1. The third kappa shape index (κ3) is 1.60. The van der Waals surface area contributed by atoms with Crippen molar-refractivity contribution < 1.29 is 4.79 Å². The fourth-order valence-corrected chi connectivity index (χ4v) is 2.13. The first-order valence-corrected chi connectivity index (χ1v) is 5.52. The second-order valence-electron chi connectivity index (χ2n) is 4.05. The molecule has 2 heterocycles. The molecule has 1 amide bonds. The lowest BCUT2D eigenvalue weighted by Gasteiger charge is -2.15. The van der Waals surface area contributed by atoms with E-state index >= 15 is 0 Å². The van der Waals surface area contributed by atoms with Gasteiger partial charge in [0.05, 0.1) is 6.20 Å². The van der Waals surface area contributed by atoms with E-state index < -0.39 is 0 Å². The number of carbonyl (C=O) groups excluding carboxylic acids is 1. The molecule has 0 saturated carbocycles. The highest BCUT2D eigenvalue weighted by Crippen LogP contribution is 2.28. The zero-order chi connectivity index (χ0) is 11.8. The van der Waals surface area contributed by atoms with E-state index in [0.29, 0.717) is 5.69 Å². The Kier molecular flexibility index (Phi) is 2.18. The maximum Gasteiger partial charge on any atom is 0.280 e. The minimum atomic E-state index is -0.0805. The van der Waals surface area contributed by atoms with Crippen molar-refractivity contribution in [2.24, 2.45) is 7.05 Å². The molecule has 0 N–H and O–H groups in total. The van der Waals surface area contributed by atoms with Crippen molar-refractivity contribution in [3.63, 3.8) is 0 Å². The van der Waals surface area contributed by atoms with Crippen LogP contribution < -0.4 is 4.90 Å². The molecule has 0 bridgehead atoms. The van der Waals surface area contributed by atoms with Gasteiger partial charge in [-0.05, 0) is 18.1 Å². The molecule has 0 spiro atoms. The molecule has 0 unspecified atom stereocenters. The molecule has 0 radical (unpaired) electrons. The van der Waals surface area contributed by atoms with E-state index in [0.717, 1.165) is 18.7 Å². The van der Waals surface area contributed by atoms with Crippen LogP contribution in [0, 0.1) is 0 Å². The Morgan fingerprint density at radius 2 is 2.18 bits per heavy atom. The molecule has 1 aliphatic heterocycles. The van der Waals surface area contributed by atoms with Crippen LogP contribution in [0.1, 0.15) is 16.1 Å². The van der Waals surface area contributed by atoms with Gasteiger partial charge in [0.1, 0.15) is 0 Å². The van der Waals surface area contributed by atoms with Gasteiger partial charge < -0.3 is 4.90 Å². The van der Waals surface area contributed by atoms with Crippen molar-refractivity contribution >= 4 is 11.6 Å². The van der Waals surface area contributed by atoms with E-state index in [9.17, 15) is 4.79 Å². The lowest BCUT2D eigenvalue weighted by molar-refractivity contribution is 0.0984. The summed E-state index contributed by atoms with van der Waals surface area (Å²) in [6.45, 7) is 0.717. The summed E-state index contributed by atoms with van der Waals surface area (Å²) in [4.78, 5) is 15.4. The molecule has 3 rings (SSSR count). The first-order valence-electron chi connectivity index (χ1n) is 5.52. The van der Waals surface area contributed by atoms with Gasteiger partial charge in [0.25, 0.3) is 5.91 Å². The third-order valence-electron chi connectivity index (χ3n) is 2.95.